The minimum Gasteiger partial charge on any atom is -0.387 e. The van der Waals surface area contributed by atoms with E-state index in [-0.39, 0.29) is 24.0 Å². The van der Waals surface area contributed by atoms with E-state index in [9.17, 15) is 5.11 Å². The Morgan fingerprint density at radius 2 is 1.85 bits per heavy atom. The number of nitrogens with zero attached hydrogens (tertiary/aromatic N) is 2. The Kier molecular flexibility index (Phi) is 10.5. The molecule has 5 nitrogen and oxygen atoms in total. The van der Waals surface area contributed by atoms with Gasteiger partial charge in [0.25, 0.3) is 0 Å². The molecule has 1 aromatic carbocycles. The first-order valence-electron chi connectivity index (χ1n) is 8.73. The van der Waals surface area contributed by atoms with Crippen molar-refractivity contribution in [1.82, 2.24) is 15.5 Å². The van der Waals surface area contributed by atoms with E-state index in [1.54, 1.807) is 18.2 Å². The molecular weight excluding hydrogens is 486 g/mol. The van der Waals surface area contributed by atoms with Gasteiger partial charge < -0.3 is 20.6 Å². The van der Waals surface area contributed by atoms with E-state index in [0.29, 0.717) is 34.2 Å². The van der Waals surface area contributed by atoms with Crippen molar-refractivity contribution in [3.8, 4) is 0 Å². The van der Waals surface area contributed by atoms with E-state index >= 15 is 0 Å². The van der Waals surface area contributed by atoms with Crippen LogP contribution in [0.4, 0.5) is 0 Å². The Morgan fingerprint density at radius 1 is 1.23 bits per heavy atom. The summed E-state index contributed by atoms with van der Waals surface area (Å²) in [6, 6.07) is 5.56. The van der Waals surface area contributed by atoms with Crippen LogP contribution < -0.4 is 10.6 Å². The van der Waals surface area contributed by atoms with E-state index in [2.05, 4.69) is 34.6 Å². The lowest BCUT2D eigenvalue weighted by Gasteiger charge is -2.23. The molecule has 2 atom stereocenters. The van der Waals surface area contributed by atoms with Crippen molar-refractivity contribution >= 4 is 53.1 Å². The second kappa shape index (κ2) is 11.5. The highest BCUT2D eigenvalue weighted by Crippen LogP contribution is 2.34. The van der Waals surface area contributed by atoms with Gasteiger partial charge in [0.2, 0.25) is 0 Å². The molecule has 1 aromatic rings. The summed E-state index contributed by atoms with van der Waals surface area (Å²) < 4.78 is 0. The molecule has 0 spiro atoms. The number of aliphatic hydroxyl groups is 1. The lowest BCUT2D eigenvalue weighted by Crippen LogP contribution is -2.41. The van der Waals surface area contributed by atoms with Crippen LogP contribution in [0.1, 0.15) is 31.4 Å². The molecule has 148 valence electrons. The van der Waals surface area contributed by atoms with E-state index in [1.165, 1.54) is 12.8 Å². The molecule has 0 saturated heterocycles. The molecule has 0 amide bonds. The number of halogens is 3. The Morgan fingerprint density at radius 3 is 2.35 bits per heavy atom. The molecule has 8 heteroatoms. The van der Waals surface area contributed by atoms with Gasteiger partial charge in [0.05, 0.1) is 12.6 Å². The summed E-state index contributed by atoms with van der Waals surface area (Å²) in [4.78, 5) is 6.93. The fraction of sp³-hybridized carbons (Fsp3) is 0.611. The molecule has 0 bridgehead atoms. The predicted molar refractivity (Wildman–Crippen MR) is 121 cm³/mol. The first kappa shape index (κ1) is 23.8. The smallest absolute Gasteiger partial charge is 0.191 e. The highest BCUT2D eigenvalue weighted by atomic mass is 127. The zero-order chi connectivity index (χ0) is 18.4. The van der Waals surface area contributed by atoms with Crippen molar-refractivity contribution < 1.29 is 5.11 Å². The van der Waals surface area contributed by atoms with Crippen LogP contribution >= 0.6 is 47.2 Å². The third-order valence-corrected chi connectivity index (χ3v) is 4.78. The van der Waals surface area contributed by atoms with Gasteiger partial charge >= 0.3 is 0 Å². The average molecular weight is 515 g/mol. The molecule has 0 aromatic heterocycles. The summed E-state index contributed by atoms with van der Waals surface area (Å²) in [5.74, 6) is 1.46. The highest BCUT2D eigenvalue weighted by molar-refractivity contribution is 14.0. The van der Waals surface area contributed by atoms with Gasteiger partial charge in [-0.1, -0.05) is 23.2 Å². The van der Waals surface area contributed by atoms with Crippen molar-refractivity contribution in [3.05, 3.63) is 33.8 Å². The number of likely N-dealkylation sites (N-methyl/N-ethyl adjacent to an activating group) is 1. The average Bonchev–Trinajstić information content (AvgIpc) is 3.36. The number of benzene rings is 1. The van der Waals surface area contributed by atoms with Gasteiger partial charge in [0.15, 0.2) is 5.96 Å². The zero-order valence-corrected chi connectivity index (χ0v) is 19.3. The summed E-state index contributed by atoms with van der Waals surface area (Å²) in [5.41, 5.74) is 0.685. The number of nitrogens with one attached hydrogen (secondary N) is 2. The zero-order valence-electron chi connectivity index (χ0n) is 15.5. The minimum atomic E-state index is -0.715. The maximum Gasteiger partial charge on any atom is 0.191 e. The van der Waals surface area contributed by atoms with Gasteiger partial charge in [-0.3, -0.25) is 4.99 Å². The first-order valence-corrected chi connectivity index (χ1v) is 9.49. The Balaban J connectivity index is 0.00000338. The highest BCUT2D eigenvalue weighted by Gasteiger charge is 2.32. The lowest BCUT2D eigenvalue weighted by atomic mass is 10.1. The van der Waals surface area contributed by atoms with E-state index < -0.39 is 6.10 Å². The number of aliphatic hydroxyl groups excluding tert-OH is 1. The second-order valence-electron chi connectivity index (χ2n) is 6.69. The van der Waals surface area contributed by atoms with Gasteiger partial charge in [-0.05, 0) is 63.5 Å². The van der Waals surface area contributed by atoms with E-state index in [1.807, 2.05) is 6.92 Å². The fourth-order valence-electron chi connectivity index (χ4n) is 2.82. The Labute approximate surface area is 183 Å². The van der Waals surface area contributed by atoms with Crippen LogP contribution in [-0.4, -0.2) is 55.7 Å². The molecule has 2 unspecified atom stereocenters. The molecular formula is C18H29Cl2IN4O. The van der Waals surface area contributed by atoms with Crippen molar-refractivity contribution in [1.29, 1.82) is 0 Å². The molecule has 2 rings (SSSR count). The summed E-state index contributed by atoms with van der Waals surface area (Å²) in [6.45, 7) is 3.86. The molecule has 1 saturated carbocycles. The third-order valence-electron chi connectivity index (χ3n) is 4.34. The first-order chi connectivity index (χ1) is 11.9. The third kappa shape index (κ3) is 7.76. The lowest BCUT2D eigenvalue weighted by molar-refractivity contribution is 0.181. The van der Waals surface area contributed by atoms with Gasteiger partial charge in [-0.15, -0.1) is 24.0 Å². The van der Waals surface area contributed by atoms with E-state index in [0.717, 1.165) is 19.0 Å². The summed E-state index contributed by atoms with van der Waals surface area (Å²) >= 11 is 12.0. The summed E-state index contributed by atoms with van der Waals surface area (Å²) in [6.07, 6.45) is 1.86. The van der Waals surface area contributed by atoms with Crippen LogP contribution in [0.5, 0.6) is 0 Å². The minimum absolute atomic E-state index is 0. The number of rotatable bonds is 8. The topological polar surface area (TPSA) is 59.9 Å². The molecule has 0 radical (unpaired) electrons. The SMILES string of the molecule is CCNC(=NCC(C1CC1)N(C)C)NCC(O)c1cc(Cl)cc(Cl)c1.I. The van der Waals surface area contributed by atoms with Crippen molar-refractivity contribution in [2.24, 2.45) is 10.9 Å². The number of guanidine groups is 1. The van der Waals surface area contributed by atoms with Crippen LogP contribution in [0.3, 0.4) is 0 Å². The molecule has 26 heavy (non-hydrogen) atoms. The van der Waals surface area contributed by atoms with Crippen LogP contribution in [0, 0.1) is 5.92 Å². The molecule has 0 heterocycles. The van der Waals surface area contributed by atoms with Gasteiger partial charge in [0.1, 0.15) is 0 Å². The van der Waals surface area contributed by atoms with Gasteiger partial charge in [-0.25, -0.2) is 0 Å². The molecule has 1 fully saturated rings. The van der Waals surface area contributed by atoms with Crippen molar-refractivity contribution in [2.45, 2.75) is 31.9 Å². The largest absolute Gasteiger partial charge is 0.387 e. The normalized spacial score (nSPS) is 16.8. The van der Waals surface area contributed by atoms with Crippen molar-refractivity contribution in [3.63, 3.8) is 0 Å². The van der Waals surface area contributed by atoms with E-state index in [4.69, 9.17) is 23.2 Å². The van der Waals surface area contributed by atoms with Crippen LogP contribution in [-0.2, 0) is 0 Å². The standard InChI is InChI=1S/C18H28Cl2N4O.HI/c1-4-21-18(22-10-16(24(2)3)12-5-6-12)23-11-17(25)13-7-14(19)9-15(20)8-13;/h7-9,12,16-17,25H,4-6,10-11H2,1-3H3,(H2,21,22,23);1H. The summed E-state index contributed by atoms with van der Waals surface area (Å²) in [7, 11) is 4.21. The van der Waals surface area contributed by atoms with Crippen LogP contribution in [0.15, 0.2) is 23.2 Å². The number of aliphatic imine (C=N–C) groups is 1. The van der Waals surface area contributed by atoms with Crippen LogP contribution in [0.25, 0.3) is 0 Å². The fourth-order valence-corrected chi connectivity index (χ4v) is 3.36. The number of hydrogen-bond acceptors (Lipinski definition) is 3. The Bertz CT molecular complexity index is 574. The van der Waals surface area contributed by atoms with Crippen LogP contribution in [0.2, 0.25) is 10.0 Å². The van der Waals surface area contributed by atoms with Crippen molar-refractivity contribution in [2.75, 3.05) is 33.7 Å². The van der Waals surface area contributed by atoms with Gasteiger partial charge in [0, 0.05) is 29.2 Å². The monoisotopic (exact) mass is 514 g/mol. The predicted octanol–water partition coefficient (Wildman–Crippen LogP) is 3.54. The molecule has 3 N–H and O–H groups in total. The number of hydrogen-bond donors (Lipinski definition) is 3. The second-order valence-corrected chi connectivity index (χ2v) is 7.56. The Hall–Kier alpha value is -0.280. The summed E-state index contributed by atoms with van der Waals surface area (Å²) in [5, 5.41) is 17.8. The van der Waals surface area contributed by atoms with Gasteiger partial charge in [-0.2, -0.15) is 0 Å². The molecule has 1 aliphatic rings. The molecule has 1 aliphatic carbocycles. The molecule has 0 aliphatic heterocycles. The quantitative estimate of drug-likeness (QED) is 0.282. The maximum atomic E-state index is 10.4. The maximum absolute atomic E-state index is 10.4.